The minimum atomic E-state index is 0.0749. The fraction of sp³-hybridized carbons (Fsp3) is 0.611. The Bertz CT molecular complexity index is 475. The molecule has 1 rings (SSSR count). The molecule has 1 aromatic carbocycles. The monoisotopic (exact) mass is 307 g/mol. The van der Waals surface area contributed by atoms with Crippen LogP contribution in [0.3, 0.4) is 0 Å². The number of nitrogens with two attached hydrogens (primary N) is 1. The van der Waals surface area contributed by atoms with Crippen molar-refractivity contribution in [1.82, 2.24) is 0 Å². The predicted molar refractivity (Wildman–Crippen MR) is 95.2 cm³/mol. The summed E-state index contributed by atoms with van der Waals surface area (Å²) in [6.07, 6.45) is 2.82. The third-order valence-electron chi connectivity index (χ3n) is 3.31. The Labute approximate surface area is 135 Å². The van der Waals surface area contributed by atoms with E-state index in [2.05, 4.69) is 52.8 Å². The second-order valence-corrected chi connectivity index (χ2v) is 7.63. The van der Waals surface area contributed by atoms with Crippen LogP contribution in [-0.4, -0.2) is 11.6 Å². The molecular weight excluding hydrogens is 278 g/mol. The first kappa shape index (κ1) is 18.0. The van der Waals surface area contributed by atoms with Crippen molar-refractivity contribution in [1.29, 1.82) is 0 Å². The smallest absolute Gasteiger partial charge is 0.123 e. The van der Waals surface area contributed by atoms with E-state index in [4.69, 9.17) is 22.7 Å². The van der Waals surface area contributed by atoms with Gasteiger partial charge in [-0.3, -0.25) is 0 Å². The number of ether oxygens (including phenoxy) is 1. The van der Waals surface area contributed by atoms with Crippen LogP contribution in [0.4, 0.5) is 0 Å². The molecule has 0 saturated heterocycles. The number of hydrogen-bond donors (Lipinski definition) is 1. The zero-order chi connectivity index (χ0) is 16.0. The molecule has 0 amide bonds. The molecule has 0 aliphatic carbocycles. The van der Waals surface area contributed by atoms with E-state index < -0.39 is 0 Å². The highest BCUT2D eigenvalue weighted by atomic mass is 32.1. The number of aryl methyl sites for hydroxylation is 1. The summed E-state index contributed by atoms with van der Waals surface area (Å²) in [6, 6.07) is 6.54. The molecule has 2 N–H and O–H groups in total. The predicted octanol–water partition coefficient (Wildman–Crippen LogP) is 4.63. The van der Waals surface area contributed by atoms with E-state index in [1.165, 1.54) is 11.1 Å². The largest absolute Gasteiger partial charge is 0.493 e. The Morgan fingerprint density at radius 2 is 1.95 bits per heavy atom. The quantitative estimate of drug-likeness (QED) is 0.746. The highest BCUT2D eigenvalue weighted by molar-refractivity contribution is 7.80. The van der Waals surface area contributed by atoms with E-state index in [-0.39, 0.29) is 5.41 Å². The summed E-state index contributed by atoms with van der Waals surface area (Å²) in [5.74, 6) is 1.54. The van der Waals surface area contributed by atoms with Gasteiger partial charge >= 0.3 is 0 Å². The lowest BCUT2D eigenvalue weighted by molar-refractivity contribution is 0.265. The Balaban J connectivity index is 2.88. The van der Waals surface area contributed by atoms with Gasteiger partial charge in [-0.25, -0.2) is 0 Å². The van der Waals surface area contributed by atoms with Crippen LogP contribution in [0.2, 0.25) is 0 Å². The standard InChI is InChI=1S/C18H29NOS/c1-13(2)12-20-16-10-9-14(7-6-8-17(19)21)11-15(16)18(3,4)5/h9-11,13H,6-8,12H2,1-5H3,(H2,19,21). The lowest BCUT2D eigenvalue weighted by atomic mass is 9.85. The molecular formula is C18H29NOS. The van der Waals surface area contributed by atoms with Gasteiger partial charge in [-0.15, -0.1) is 0 Å². The maximum absolute atomic E-state index is 5.98. The highest BCUT2D eigenvalue weighted by Gasteiger charge is 2.19. The van der Waals surface area contributed by atoms with Crippen molar-refractivity contribution < 1.29 is 4.74 Å². The van der Waals surface area contributed by atoms with Crippen molar-refractivity contribution >= 4 is 17.2 Å². The maximum Gasteiger partial charge on any atom is 0.123 e. The van der Waals surface area contributed by atoms with Crippen molar-refractivity contribution in [2.24, 2.45) is 11.7 Å². The SMILES string of the molecule is CC(C)COc1ccc(CCCC(N)=S)cc1C(C)(C)C. The van der Waals surface area contributed by atoms with Crippen LogP contribution in [-0.2, 0) is 11.8 Å². The van der Waals surface area contributed by atoms with Gasteiger partial charge in [-0.05, 0) is 47.8 Å². The van der Waals surface area contributed by atoms with E-state index in [9.17, 15) is 0 Å². The first-order valence-corrected chi connectivity index (χ1v) is 8.15. The maximum atomic E-state index is 5.98. The van der Waals surface area contributed by atoms with Crippen LogP contribution in [0.1, 0.15) is 58.6 Å². The molecule has 118 valence electrons. The third kappa shape index (κ3) is 6.47. The van der Waals surface area contributed by atoms with Gasteiger partial charge in [0.25, 0.3) is 0 Å². The van der Waals surface area contributed by atoms with Gasteiger partial charge < -0.3 is 10.5 Å². The lowest BCUT2D eigenvalue weighted by Crippen LogP contribution is -2.15. The molecule has 0 atom stereocenters. The van der Waals surface area contributed by atoms with Crippen LogP contribution in [0.5, 0.6) is 5.75 Å². The first-order chi connectivity index (χ1) is 9.70. The second-order valence-electron chi connectivity index (χ2n) is 7.11. The van der Waals surface area contributed by atoms with E-state index >= 15 is 0 Å². The summed E-state index contributed by atoms with van der Waals surface area (Å²) in [5.41, 5.74) is 8.24. The molecule has 0 bridgehead atoms. The van der Waals surface area contributed by atoms with E-state index in [1.807, 2.05) is 0 Å². The van der Waals surface area contributed by atoms with Crippen LogP contribution >= 0.6 is 12.2 Å². The normalized spacial score (nSPS) is 11.7. The molecule has 0 heterocycles. The van der Waals surface area contributed by atoms with Crippen molar-refractivity contribution in [3.63, 3.8) is 0 Å². The molecule has 0 aliphatic rings. The topological polar surface area (TPSA) is 35.2 Å². The molecule has 0 aromatic heterocycles. The second kappa shape index (κ2) is 7.79. The van der Waals surface area contributed by atoms with E-state index in [0.29, 0.717) is 10.9 Å². The summed E-state index contributed by atoms with van der Waals surface area (Å²) in [4.78, 5) is 0.600. The molecule has 0 fully saturated rings. The lowest BCUT2D eigenvalue weighted by Gasteiger charge is -2.24. The molecule has 0 saturated carbocycles. The number of thiocarbonyl (C=S) groups is 1. The summed E-state index contributed by atoms with van der Waals surface area (Å²) >= 11 is 4.93. The summed E-state index contributed by atoms with van der Waals surface area (Å²) < 4.78 is 5.98. The minimum absolute atomic E-state index is 0.0749. The number of rotatable bonds is 7. The summed E-state index contributed by atoms with van der Waals surface area (Å²) in [5, 5.41) is 0. The Kier molecular flexibility index (Phi) is 6.66. The zero-order valence-electron chi connectivity index (χ0n) is 14.0. The average molecular weight is 308 g/mol. The molecule has 21 heavy (non-hydrogen) atoms. The molecule has 1 aromatic rings. The van der Waals surface area contributed by atoms with Crippen LogP contribution in [0.25, 0.3) is 0 Å². The van der Waals surface area contributed by atoms with Gasteiger partial charge in [-0.1, -0.05) is 59.0 Å². The summed E-state index contributed by atoms with van der Waals surface area (Å²) in [6.45, 7) is 11.8. The van der Waals surface area contributed by atoms with Gasteiger partial charge in [0.2, 0.25) is 0 Å². The molecule has 0 radical (unpaired) electrons. The molecule has 0 aliphatic heterocycles. The molecule has 0 spiro atoms. The fourth-order valence-electron chi connectivity index (χ4n) is 2.17. The average Bonchev–Trinajstić information content (AvgIpc) is 2.35. The van der Waals surface area contributed by atoms with Gasteiger partial charge in [-0.2, -0.15) is 0 Å². The van der Waals surface area contributed by atoms with Crippen molar-refractivity contribution in [2.45, 2.75) is 59.3 Å². The molecule has 2 nitrogen and oxygen atoms in total. The number of benzene rings is 1. The van der Waals surface area contributed by atoms with Gasteiger partial charge in [0, 0.05) is 0 Å². The van der Waals surface area contributed by atoms with Gasteiger partial charge in [0.15, 0.2) is 0 Å². The van der Waals surface area contributed by atoms with Crippen LogP contribution < -0.4 is 10.5 Å². The Morgan fingerprint density at radius 3 is 2.48 bits per heavy atom. The first-order valence-electron chi connectivity index (χ1n) is 7.74. The summed E-state index contributed by atoms with van der Waals surface area (Å²) in [7, 11) is 0. The zero-order valence-corrected chi connectivity index (χ0v) is 14.8. The van der Waals surface area contributed by atoms with Gasteiger partial charge in [0.1, 0.15) is 5.75 Å². The molecule has 0 unspecified atom stereocenters. The van der Waals surface area contributed by atoms with Crippen LogP contribution in [0.15, 0.2) is 18.2 Å². The Hall–Kier alpha value is -1.09. The minimum Gasteiger partial charge on any atom is -0.493 e. The van der Waals surface area contributed by atoms with Gasteiger partial charge in [0.05, 0.1) is 11.6 Å². The Morgan fingerprint density at radius 1 is 1.29 bits per heavy atom. The van der Waals surface area contributed by atoms with Crippen LogP contribution in [0, 0.1) is 5.92 Å². The van der Waals surface area contributed by atoms with Crippen molar-refractivity contribution in [3.05, 3.63) is 29.3 Å². The third-order valence-corrected chi connectivity index (χ3v) is 3.52. The fourth-order valence-corrected chi connectivity index (χ4v) is 2.31. The van der Waals surface area contributed by atoms with E-state index in [1.54, 1.807) is 0 Å². The highest BCUT2D eigenvalue weighted by Crippen LogP contribution is 2.32. The van der Waals surface area contributed by atoms with Crippen molar-refractivity contribution in [3.8, 4) is 5.75 Å². The van der Waals surface area contributed by atoms with Crippen molar-refractivity contribution in [2.75, 3.05) is 6.61 Å². The molecule has 3 heteroatoms. The number of hydrogen-bond acceptors (Lipinski definition) is 2. The van der Waals surface area contributed by atoms with E-state index in [0.717, 1.165) is 31.6 Å².